The number of aliphatic carboxylic acids is 2. The predicted molar refractivity (Wildman–Crippen MR) is 138 cm³/mol. The van der Waals surface area contributed by atoms with Gasteiger partial charge in [-0.3, -0.25) is 14.1 Å². The molecule has 1 aliphatic heterocycles. The van der Waals surface area contributed by atoms with Gasteiger partial charge in [-0.15, -0.1) is 0 Å². The van der Waals surface area contributed by atoms with E-state index in [2.05, 4.69) is 15.2 Å². The molecule has 1 aromatic carbocycles. The Balaban J connectivity index is 0.000000303. The van der Waals surface area contributed by atoms with Gasteiger partial charge in [-0.25, -0.2) is 19.6 Å². The third-order valence-electron chi connectivity index (χ3n) is 5.70. The normalized spacial score (nSPS) is 13.8. The van der Waals surface area contributed by atoms with Gasteiger partial charge in [0.1, 0.15) is 5.82 Å². The van der Waals surface area contributed by atoms with Gasteiger partial charge in [-0.05, 0) is 23.6 Å². The van der Waals surface area contributed by atoms with Crippen LogP contribution in [0.15, 0.2) is 60.9 Å². The van der Waals surface area contributed by atoms with E-state index in [1.54, 1.807) is 6.20 Å². The minimum Gasteiger partial charge on any atom is -0.475 e. The van der Waals surface area contributed by atoms with E-state index in [-0.39, 0.29) is 5.91 Å². The number of alkyl halides is 6. The van der Waals surface area contributed by atoms with Crippen LogP contribution >= 0.6 is 0 Å². The molecule has 1 amide bonds. The Hall–Kier alpha value is -4.77. The van der Waals surface area contributed by atoms with E-state index < -0.39 is 24.3 Å². The Kier molecular flexibility index (Phi) is 10.6. The van der Waals surface area contributed by atoms with E-state index >= 15 is 0 Å². The van der Waals surface area contributed by atoms with Gasteiger partial charge in [-0.2, -0.15) is 26.3 Å². The van der Waals surface area contributed by atoms with Crippen molar-refractivity contribution in [2.24, 2.45) is 0 Å². The zero-order valence-corrected chi connectivity index (χ0v) is 21.9. The number of morpholine rings is 1. The van der Waals surface area contributed by atoms with Crippen LogP contribution in [0.4, 0.5) is 32.2 Å². The molecule has 1 fully saturated rings. The number of carboxylic acids is 2. The number of hydrogen-bond donors (Lipinski definition) is 3. The van der Waals surface area contributed by atoms with E-state index in [4.69, 9.17) is 29.5 Å². The van der Waals surface area contributed by atoms with E-state index in [1.165, 1.54) is 0 Å². The van der Waals surface area contributed by atoms with Crippen LogP contribution in [0.25, 0.3) is 16.3 Å². The summed E-state index contributed by atoms with van der Waals surface area (Å²) in [6, 6.07) is 15.6. The SMILES string of the molecule is O=C(Nc1nccc2ccccc12)c1nc(CN2CCOCC2)c2ccccn12.O=C(O)C(F)(F)F.O=C(O)C(F)(F)F. The van der Waals surface area contributed by atoms with Gasteiger partial charge >= 0.3 is 24.3 Å². The maximum absolute atomic E-state index is 13.1. The second kappa shape index (κ2) is 13.9. The molecule has 3 aromatic heterocycles. The summed E-state index contributed by atoms with van der Waals surface area (Å²) in [6.45, 7) is 3.88. The number of aromatic nitrogens is 3. The second-order valence-electron chi connectivity index (χ2n) is 8.67. The van der Waals surface area contributed by atoms with Crippen LogP contribution in [0, 0.1) is 0 Å². The van der Waals surface area contributed by atoms with Crippen LogP contribution in [0.5, 0.6) is 0 Å². The van der Waals surface area contributed by atoms with E-state index in [1.807, 2.05) is 59.1 Å². The summed E-state index contributed by atoms with van der Waals surface area (Å²) in [5.74, 6) is -4.89. The zero-order chi connectivity index (χ0) is 31.8. The van der Waals surface area contributed by atoms with Crippen molar-refractivity contribution in [3.05, 3.63) is 72.4 Å². The average Bonchev–Trinajstić information content (AvgIpc) is 3.32. The average molecular weight is 615 g/mol. The Labute approximate surface area is 238 Å². The summed E-state index contributed by atoms with van der Waals surface area (Å²) < 4.78 is 70.7. The highest BCUT2D eigenvalue weighted by Crippen LogP contribution is 2.22. The number of benzene rings is 1. The molecule has 0 spiro atoms. The molecular formula is C26H23F6N5O6. The largest absolute Gasteiger partial charge is 0.490 e. The van der Waals surface area contributed by atoms with Crippen LogP contribution < -0.4 is 5.32 Å². The molecule has 43 heavy (non-hydrogen) atoms. The number of carboxylic acid groups (broad SMARTS) is 2. The molecule has 4 heterocycles. The van der Waals surface area contributed by atoms with Crippen molar-refractivity contribution in [1.82, 2.24) is 19.3 Å². The maximum Gasteiger partial charge on any atom is 0.490 e. The van der Waals surface area contributed by atoms with Gasteiger partial charge < -0.3 is 20.3 Å². The summed E-state index contributed by atoms with van der Waals surface area (Å²) in [5.41, 5.74) is 1.83. The second-order valence-corrected chi connectivity index (χ2v) is 8.67. The van der Waals surface area contributed by atoms with Crippen molar-refractivity contribution in [1.29, 1.82) is 0 Å². The fourth-order valence-electron chi connectivity index (χ4n) is 3.73. The summed E-state index contributed by atoms with van der Waals surface area (Å²) in [6.07, 6.45) is -6.60. The van der Waals surface area contributed by atoms with Crippen molar-refractivity contribution in [2.75, 3.05) is 31.6 Å². The monoisotopic (exact) mass is 615 g/mol. The first-order valence-electron chi connectivity index (χ1n) is 12.2. The molecule has 0 radical (unpaired) electrons. The lowest BCUT2D eigenvalue weighted by molar-refractivity contribution is -0.193. The number of fused-ring (bicyclic) bond motifs is 2. The summed E-state index contributed by atoms with van der Waals surface area (Å²) in [7, 11) is 0. The molecule has 1 aliphatic rings. The zero-order valence-electron chi connectivity index (χ0n) is 21.9. The van der Waals surface area contributed by atoms with Crippen LogP contribution in [-0.2, 0) is 20.9 Å². The summed E-state index contributed by atoms with van der Waals surface area (Å²) in [5, 5.41) is 19.1. The van der Waals surface area contributed by atoms with Gasteiger partial charge in [0.25, 0.3) is 5.91 Å². The van der Waals surface area contributed by atoms with Crippen molar-refractivity contribution in [3.8, 4) is 0 Å². The van der Waals surface area contributed by atoms with Crippen molar-refractivity contribution in [2.45, 2.75) is 18.9 Å². The highest BCUT2D eigenvalue weighted by molar-refractivity contribution is 6.06. The minimum absolute atomic E-state index is 0.275. The van der Waals surface area contributed by atoms with Crippen LogP contribution in [0.2, 0.25) is 0 Å². The first kappa shape index (κ1) is 32.7. The molecule has 0 bridgehead atoms. The number of nitrogens with zero attached hydrogens (tertiary/aromatic N) is 4. The lowest BCUT2D eigenvalue weighted by Gasteiger charge is -2.25. The Bertz CT molecular complexity index is 1560. The number of ether oxygens (including phenoxy) is 1. The van der Waals surface area contributed by atoms with E-state index in [9.17, 15) is 31.1 Å². The molecule has 11 nitrogen and oxygen atoms in total. The van der Waals surface area contributed by atoms with Crippen LogP contribution in [-0.4, -0.2) is 86.0 Å². The van der Waals surface area contributed by atoms with Gasteiger partial charge in [-0.1, -0.05) is 30.3 Å². The number of hydrogen-bond acceptors (Lipinski definition) is 7. The Morgan fingerprint density at radius 3 is 2.07 bits per heavy atom. The molecule has 0 aliphatic carbocycles. The number of pyridine rings is 2. The van der Waals surface area contributed by atoms with E-state index in [0.29, 0.717) is 18.2 Å². The maximum atomic E-state index is 13.1. The Morgan fingerprint density at radius 2 is 1.47 bits per heavy atom. The predicted octanol–water partition coefficient (Wildman–Crippen LogP) is 4.23. The number of carbonyl (C=O) groups excluding carboxylic acids is 1. The topological polar surface area (TPSA) is 146 Å². The van der Waals surface area contributed by atoms with Crippen LogP contribution in [0.3, 0.4) is 0 Å². The smallest absolute Gasteiger partial charge is 0.475 e. The number of anilines is 1. The minimum atomic E-state index is -5.08. The number of carbonyl (C=O) groups is 3. The molecule has 1 saturated heterocycles. The van der Waals surface area contributed by atoms with Crippen molar-refractivity contribution >= 4 is 40.0 Å². The fourth-order valence-corrected chi connectivity index (χ4v) is 3.73. The highest BCUT2D eigenvalue weighted by Gasteiger charge is 2.38. The third kappa shape index (κ3) is 9.11. The number of imidazole rings is 1. The van der Waals surface area contributed by atoms with Gasteiger partial charge in [0.2, 0.25) is 5.82 Å². The molecular weight excluding hydrogens is 592 g/mol. The molecule has 230 valence electrons. The lowest BCUT2D eigenvalue weighted by Crippen LogP contribution is -2.35. The molecule has 0 saturated carbocycles. The lowest BCUT2D eigenvalue weighted by atomic mass is 10.1. The standard InChI is InChI=1S/C22H21N5O2.2C2HF3O2/c28-22(25-20-17-6-2-1-5-16(17)8-9-23-20)21-24-18(15-26-11-13-29-14-12-26)19-7-3-4-10-27(19)21;2*3-2(4,5)1(6)7/h1-10H,11-15H2,(H,23,25,28);2*(H,6,7). The number of halogens is 6. The van der Waals surface area contributed by atoms with Crippen molar-refractivity contribution in [3.63, 3.8) is 0 Å². The molecule has 0 atom stereocenters. The van der Waals surface area contributed by atoms with Gasteiger partial charge in [0.15, 0.2) is 0 Å². The summed E-state index contributed by atoms with van der Waals surface area (Å²) >= 11 is 0. The van der Waals surface area contributed by atoms with Crippen LogP contribution in [0.1, 0.15) is 16.3 Å². The quantitative estimate of drug-likeness (QED) is 0.287. The third-order valence-corrected chi connectivity index (χ3v) is 5.70. The summed E-state index contributed by atoms with van der Waals surface area (Å²) in [4.78, 5) is 42.3. The number of nitrogens with one attached hydrogen (secondary N) is 1. The Morgan fingerprint density at radius 1 is 0.884 bits per heavy atom. The molecule has 17 heteroatoms. The molecule has 5 rings (SSSR count). The fraction of sp³-hybridized carbons (Fsp3) is 0.269. The van der Waals surface area contributed by atoms with Crippen molar-refractivity contribution < 1.29 is 55.7 Å². The molecule has 4 aromatic rings. The number of amides is 1. The van der Waals surface area contributed by atoms with E-state index in [0.717, 1.165) is 48.3 Å². The molecule has 3 N–H and O–H groups in total. The first-order valence-corrected chi connectivity index (χ1v) is 12.2. The van der Waals surface area contributed by atoms with Gasteiger partial charge in [0.05, 0.1) is 24.4 Å². The molecule has 0 unspecified atom stereocenters. The first-order chi connectivity index (χ1) is 20.2. The van der Waals surface area contributed by atoms with Gasteiger partial charge in [0, 0.05) is 37.4 Å². The highest BCUT2D eigenvalue weighted by atomic mass is 19.4. The number of rotatable bonds is 4.